The number of rotatable bonds is 9. The van der Waals surface area contributed by atoms with Gasteiger partial charge in [-0.2, -0.15) is 0 Å². The van der Waals surface area contributed by atoms with Crippen LogP contribution in [0.2, 0.25) is 0 Å². The molecule has 0 radical (unpaired) electrons. The van der Waals surface area contributed by atoms with E-state index in [4.69, 9.17) is 10.1 Å². The van der Waals surface area contributed by atoms with Crippen LogP contribution in [0.4, 0.5) is 0 Å². The molecule has 2 aromatic heterocycles. The standard InChI is InChI=1S/C28H23N5O3S2/c1-2-16-33-27(31-32-28(33)37-18-26(34)20-8-4-3-5-9-20)23-17-25(30-24-11-7-6-10-22(23)24)19-12-14-21(15-13-19)38(29,35)36/h2-15,17H,1,16,18H2,(H2,29,35,36). The number of carbonyl (C=O) groups is 1. The highest BCUT2D eigenvalue weighted by atomic mass is 32.2. The molecular weight excluding hydrogens is 518 g/mol. The van der Waals surface area contributed by atoms with Crippen LogP contribution in [0.25, 0.3) is 33.5 Å². The molecule has 0 spiro atoms. The molecule has 0 amide bonds. The summed E-state index contributed by atoms with van der Waals surface area (Å²) in [7, 11) is -3.80. The smallest absolute Gasteiger partial charge is 0.238 e. The third kappa shape index (κ3) is 5.28. The number of aromatic nitrogens is 4. The van der Waals surface area contributed by atoms with E-state index in [-0.39, 0.29) is 16.4 Å². The summed E-state index contributed by atoms with van der Waals surface area (Å²) in [6, 6.07) is 25.0. The van der Waals surface area contributed by atoms with Gasteiger partial charge in [-0.05, 0) is 24.3 Å². The van der Waals surface area contributed by atoms with Gasteiger partial charge in [-0.25, -0.2) is 18.5 Å². The molecule has 2 heterocycles. The number of hydrogen-bond acceptors (Lipinski definition) is 7. The van der Waals surface area contributed by atoms with Gasteiger partial charge in [-0.3, -0.25) is 9.36 Å². The number of benzene rings is 3. The Morgan fingerprint density at radius 2 is 1.68 bits per heavy atom. The molecule has 0 unspecified atom stereocenters. The number of allylic oxidation sites excluding steroid dienone is 1. The Balaban J connectivity index is 1.56. The van der Waals surface area contributed by atoms with Crippen LogP contribution in [0.5, 0.6) is 0 Å². The van der Waals surface area contributed by atoms with Gasteiger partial charge in [0.15, 0.2) is 16.8 Å². The number of carbonyl (C=O) groups excluding carboxylic acids is 1. The van der Waals surface area contributed by atoms with Crippen molar-refractivity contribution in [2.45, 2.75) is 16.6 Å². The molecule has 0 aliphatic heterocycles. The molecule has 38 heavy (non-hydrogen) atoms. The van der Waals surface area contributed by atoms with E-state index in [2.05, 4.69) is 16.8 Å². The van der Waals surface area contributed by atoms with Gasteiger partial charge in [0.1, 0.15) is 0 Å². The summed E-state index contributed by atoms with van der Waals surface area (Å²) < 4.78 is 25.3. The molecule has 0 saturated carbocycles. The zero-order valence-corrected chi connectivity index (χ0v) is 21.8. The molecule has 0 atom stereocenters. The fourth-order valence-corrected chi connectivity index (χ4v) is 5.41. The average Bonchev–Trinajstić information content (AvgIpc) is 3.33. The van der Waals surface area contributed by atoms with E-state index in [0.717, 1.165) is 22.0 Å². The van der Waals surface area contributed by atoms with E-state index in [1.165, 1.54) is 23.9 Å². The summed E-state index contributed by atoms with van der Waals surface area (Å²) in [6.07, 6.45) is 1.76. The first-order valence-corrected chi connectivity index (χ1v) is 14.2. The van der Waals surface area contributed by atoms with E-state index in [9.17, 15) is 13.2 Å². The fraction of sp³-hybridized carbons (Fsp3) is 0.0714. The number of primary sulfonamides is 1. The van der Waals surface area contributed by atoms with E-state index in [1.807, 2.05) is 53.1 Å². The molecule has 190 valence electrons. The Kier molecular flexibility index (Phi) is 7.19. The largest absolute Gasteiger partial charge is 0.298 e. The molecule has 3 aromatic carbocycles. The van der Waals surface area contributed by atoms with Gasteiger partial charge in [0.05, 0.1) is 21.9 Å². The summed E-state index contributed by atoms with van der Waals surface area (Å²) in [5, 5.41) is 15.6. The minimum absolute atomic E-state index is 0.00453. The number of thioether (sulfide) groups is 1. The van der Waals surface area contributed by atoms with Gasteiger partial charge >= 0.3 is 0 Å². The van der Waals surface area contributed by atoms with Crippen molar-refractivity contribution in [2.75, 3.05) is 5.75 Å². The quantitative estimate of drug-likeness (QED) is 0.159. The number of para-hydroxylation sites is 1. The molecule has 2 N–H and O–H groups in total. The third-order valence-electron chi connectivity index (χ3n) is 5.89. The summed E-state index contributed by atoms with van der Waals surface area (Å²) in [5.74, 6) is 0.836. The number of nitrogens with zero attached hydrogens (tertiary/aromatic N) is 4. The number of hydrogen-bond donors (Lipinski definition) is 1. The number of nitrogens with two attached hydrogens (primary N) is 1. The maximum atomic E-state index is 12.7. The lowest BCUT2D eigenvalue weighted by atomic mass is 10.0. The number of ketones is 1. The van der Waals surface area contributed by atoms with Crippen LogP contribution in [0.3, 0.4) is 0 Å². The predicted molar refractivity (Wildman–Crippen MR) is 149 cm³/mol. The van der Waals surface area contributed by atoms with Gasteiger partial charge in [0.2, 0.25) is 10.0 Å². The number of Topliss-reactive ketones (excluding diaryl/α,β-unsaturated/α-hetero) is 1. The highest BCUT2D eigenvalue weighted by Crippen LogP contribution is 2.33. The molecule has 0 saturated heterocycles. The Morgan fingerprint density at radius 1 is 0.974 bits per heavy atom. The lowest BCUT2D eigenvalue weighted by molar-refractivity contribution is 0.102. The van der Waals surface area contributed by atoms with Crippen LogP contribution in [-0.4, -0.2) is 39.7 Å². The van der Waals surface area contributed by atoms with Gasteiger partial charge in [0, 0.05) is 28.6 Å². The summed E-state index contributed by atoms with van der Waals surface area (Å²) in [4.78, 5) is 17.5. The minimum atomic E-state index is -3.80. The van der Waals surface area contributed by atoms with Crippen molar-refractivity contribution >= 4 is 38.5 Å². The summed E-state index contributed by atoms with van der Waals surface area (Å²) in [6.45, 7) is 4.33. The number of sulfonamides is 1. The number of pyridine rings is 1. The molecule has 8 nitrogen and oxygen atoms in total. The Morgan fingerprint density at radius 3 is 2.39 bits per heavy atom. The Labute approximate surface area is 224 Å². The highest BCUT2D eigenvalue weighted by molar-refractivity contribution is 7.99. The summed E-state index contributed by atoms with van der Waals surface area (Å²) >= 11 is 1.32. The van der Waals surface area contributed by atoms with Gasteiger partial charge in [-0.15, -0.1) is 16.8 Å². The zero-order valence-electron chi connectivity index (χ0n) is 20.2. The molecule has 0 fully saturated rings. The van der Waals surface area contributed by atoms with Crippen LogP contribution in [-0.2, 0) is 16.6 Å². The molecular formula is C28H23N5O3S2. The van der Waals surface area contributed by atoms with Gasteiger partial charge < -0.3 is 0 Å². The molecule has 0 bridgehead atoms. The summed E-state index contributed by atoms with van der Waals surface area (Å²) in [5.41, 5.74) is 3.56. The first-order valence-electron chi connectivity index (χ1n) is 11.6. The van der Waals surface area contributed by atoms with Crippen LogP contribution in [0.1, 0.15) is 10.4 Å². The van der Waals surface area contributed by atoms with Crippen LogP contribution in [0, 0.1) is 0 Å². The lowest BCUT2D eigenvalue weighted by Gasteiger charge is -2.12. The topological polar surface area (TPSA) is 121 Å². The Bertz CT molecular complexity index is 1750. The van der Waals surface area contributed by atoms with E-state index >= 15 is 0 Å². The molecule has 5 aromatic rings. The molecule has 0 aliphatic rings. The predicted octanol–water partition coefficient (Wildman–Crippen LogP) is 4.97. The van der Waals surface area contributed by atoms with E-state index < -0.39 is 10.0 Å². The van der Waals surface area contributed by atoms with E-state index in [0.29, 0.717) is 28.8 Å². The minimum Gasteiger partial charge on any atom is -0.298 e. The van der Waals surface area contributed by atoms with Crippen molar-refractivity contribution in [3.8, 4) is 22.6 Å². The SMILES string of the molecule is C=CCn1c(SCC(=O)c2ccccc2)nnc1-c1cc(-c2ccc(S(N)(=O)=O)cc2)nc2ccccc12. The second-order valence-electron chi connectivity index (χ2n) is 8.42. The monoisotopic (exact) mass is 541 g/mol. The zero-order chi connectivity index (χ0) is 26.7. The van der Waals surface area contributed by atoms with Gasteiger partial charge in [0.25, 0.3) is 0 Å². The van der Waals surface area contributed by atoms with Crippen molar-refractivity contribution in [3.05, 3.63) is 103 Å². The maximum Gasteiger partial charge on any atom is 0.238 e. The van der Waals surface area contributed by atoms with Gasteiger partial charge in [-0.1, -0.05) is 78.5 Å². The van der Waals surface area contributed by atoms with Crippen LogP contribution < -0.4 is 5.14 Å². The molecule has 5 rings (SSSR count). The van der Waals surface area contributed by atoms with Crippen molar-refractivity contribution in [3.63, 3.8) is 0 Å². The normalized spacial score (nSPS) is 11.5. The second kappa shape index (κ2) is 10.7. The first kappa shape index (κ1) is 25.5. The van der Waals surface area contributed by atoms with Crippen molar-refractivity contribution in [1.29, 1.82) is 0 Å². The Hall–Kier alpha value is -4.12. The highest BCUT2D eigenvalue weighted by Gasteiger charge is 2.19. The van der Waals surface area contributed by atoms with E-state index in [1.54, 1.807) is 30.3 Å². The third-order valence-corrected chi connectivity index (χ3v) is 7.79. The van der Waals surface area contributed by atoms with Crippen LogP contribution >= 0.6 is 11.8 Å². The lowest BCUT2D eigenvalue weighted by Crippen LogP contribution is -2.11. The molecule has 0 aliphatic carbocycles. The van der Waals surface area contributed by atoms with Crippen molar-refractivity contribution in [2.24, 2.45) is 5.14 Å². The first-order chi connectivity index (χ1) is 18.3. The maximum absolute atomic E-state index is 12.7. The average molecular weight is 542 g/mol. The van der Waals surface area contributed by atoms with Crippen molar-refractivity contribution < 1.29 is 13.2 Å². The number of fused-ring (bicyclic) bond motifs is 1. The fourth-order valence-electron chi connectivity index (χ4n) is 4.05. The molecule has 10 heteroatoms. The second-order valence-corrected chi connectivity index (χ2v) is 10.9. The van der Waals surface area contributed by atoms with Crippen LogP contribution in [0.15, 0.2) is 108 Å². The van der Waals surface area contributed by atoms with Crippen molar-refractivity contribution in [1.82, 2.24) is 19.7 Å².